The molecule has 8 aromatic carbocycles. The summed E-state index contributed by atoms with van der Waals surface area (Å²) in [6, 6.07) is 65.4. The van der Waals surface area contributed by atoms with E-state index >= 15 is 0 Å². The van der Waals surface area contributed by atoms with Gasteiger partial charge in [0.1, 0.15) is 0 Å². The predicted molar refractivity (Wildman–Crippen MR) is 238 cm³/mol. The van der Waals surface area contributed by atoms with E-state index < -0.39 is 0 Å². The fourth-order valence-corrected chi connectivity index (χ4v) is 7.85. The molecule has 0 bridgehead atoms. The number of para-hydroxylation sites is 2. The van der Waals surface area contributed by atoms with Crippen molar-refractivity contribution in [3.05, 3.63) is 235 Å². The zero-order valence-electron chi connectivity index (χ0n) is 30.7. The first-order valence-corrected chi connectivity index (χ1v) is 19.0. The van der Waals surface area contributed by atoms with E-state index in [0.717, 1.165) is 62.3 Å². The van der Waals surface area contributed by atoms with Gasteiger partial charge in [0.05, 0.1) is 17.1 Å². The molecule has 2 aliphatic rings. The number of hydrogen-bond donors (Lipinski definition) is 0. The van der Waals surface area contributed by atoms with Crippen molar-refractivity contribution in [2.24, 2.45) is 0 Å². The quantitative estimate of drug-likeness (QED) is 0.152. The second kappa shape index (κ2) is 14.3. The van der Waals surface area contributed by atoms with Gasteiger partial charge in [0, 0.05) is 34.1 Å². The fourth-order valence-electron chi connectivity index (χ4n) is 7.85. The van der Waals surface area contributed by atoms with Crippen LogP contribution in [0.15, 0.2) is 224 Å². The van der Waals surface area contributed by atoms with Crippen molar-refractivity contribution in [1.29, 1.82) is 0 Å². The molecule has 3 heteroatoms. The monoisotopic (exact) mass is 715 g/mol. The molecule has 1 heterocycles. The van der Waals surface area contributed by atoms with Crippen LogP contribution in [0.4, 0.5) is 45.5 Å². The molecule has 56 heavy (non-hydrogen) atoms. The van der Waals surface area contributed by atoms with Crippen LogP contribution >= 0.6 is 0 Å². The number of anilines is 8. The first-order chi connectivity index (χ1) is 27.8. The lowest BCUT2D eigenvalue weighted by Gasteiger charge is -2.32. The van der Waals surface area contributed by atoms with Gasteiger partial charge in [-0.05, 0) is 118 Å². The van der Waals surface area contributed by atoms with Crippen LogP contribution in [0.1, 0.15) is 11.1 Å². The highest BCUT2D eigenvalue weighted by Crippen LogP contribution is 2.46. The number of hydrogen-bond acceptors (Lipinski definition) is 3. The molecule has 0 amide bonds. The van der Waals surface area contributed by atoms with E-state index in [2.05, 4.69) is 233 Å². The Morgan fingerprint density at radius 1 is 0.339 bits per heavy atom. The Hall–Kier alpha value is -7.58. The van der Waals surface area contributed by atoms with E-state index in [1.165, 1.54) is 21.5 Å². The zero-order chi connectivity index (χ0) is 37.3. The Bertz CT molecular complexity index is 2740. The Balaban J connectivity index is 1.17. The summed E-state index contributed by atoms with van der Waals surface area (Å²) in [4.78, 5) is 7.07. The van der Waals surface area contributed by atoms with Gasteiger partial charge < -0.3 is 14.7 Å². The predicted octanol–water partition coefficient (Wildman–Crippen LogP) is 14.7. The van der Waals surface area contributed by atoms with E-state index in [4.69, 9.17) is 0 Å². The fraction of sp³-hybridized carbons (Fsp3) is 0. The molecule has 0 saturated heterocycles. The summed E-state index contributed by atoms with van der Waals surface area (Å²) < 4.78 is 0. The Kier molecular flexibility index (Phi) is 8.46. The van der Waals surface area contributed by atoms with Gasteiger partial charge in [-0.15, -0.1) is 0 Å². The number of allylic oxidation sites excluding steroid dienone is 4. The molecular formula is C53H37N3. The number of fused-ring (bicyclic) bond motifs is 4. The summed E-state index contributed by atoms with van der Waals surface area (Å²) in [5.74, 6) is 0. The van der Waals surface area contributed by atoms with Crippen LogP contribution in [-0.2, 0) is 0 Å². The molecule has 0 N–H and O–H groups in total. The van der Waals surface area contributed by atoms with Gasteiger partial charge in [-0.25, -0.2) is 0 Å². The first-order valence-electron chi connectivity index (χ1n) is 19.0. The smallest absolute Gasteiger partial charge is 0.0890 e. The van der Waals surface area contributed by atoms with Crippen LogP contribution in [0.2, 0.25) is 0 Å². The van der Waals surface area contributed by atoms with Crippen LogP contribution < -0.4 is 14.7 Å². The topological polar surface area (TPSA) is 9.72 Å². The van der Waals surface area contributed by atoms with Crippen LogP contribution in [-0.4, -0.2) is 0 Å². The van der Waals surface area contributed by atoms with Crippen molar-refractivity contribution in [3.8, 4) is 0 Å². The van der Waals surface area contributed by atoms with Gasteiger partial charge in [-0.2, -0.15) is 0 Å². The van der Waals surface area contributed by atoms with Crippen molar-refractivity contribution in [2.45, 2.75) is 0 Å². The largest absolute Gasteiger partial charge is 0.310 e. The SMILES string of the molecule is C1=CC=CC=CC=1N1c2cc(N(c3ccccc3)c3ccc4ccccc4c3)ccc2C=Cc2ccc(N(c3ccccc3)c3ccc4ccccc4c3)cc21. The summed E-state index contributed by atoms with van der Waals surface area (Å²) in [6.07, 6.45) is 14.8. The van der Waals surface area contributed by atoms with Crippen molar-refractivity contribution in [3.63, 3.8) is 0 Å². The average molecular weight is 716 g/mol. The minimum absolute atomic E-state index is 0.949. The first kappa shape index (κ1) is 33.0. The molecule has 1 aliphatic carbocycles. The average Bonchev–Trinajstić information content (AvgIpc) is 3.62. The lowest BCUT2D eigenvalue weighted by atomic mass is 10.1. The minimum Gasteiger partial charge on any atom is -0.310 e. The standard InChI is InChI=1S/C53H37N3/c1-2-6-24-47(23-5-1)56-52-37-50(54(45-19-7-3-8-20-45)48-31-27-39-15-11-13-17-43(39)35-48)33-29-41(52)25-26-42-30-34-51(38-53(42)56)55(46-21-9-4-10-22-46)49-32-28-40-16-12-14-18-44(40)36-49/h1-23,25-38H. The van der Waals surface area contributed by atoms with Gasteiger partial charge in [0.25, 0.3) is 0 Å². The third-order valence-corrected chi connectivity index (χ3v) is 10.5. The number of benzene rings is 8. The zero-order valence-corrected chi connectivity index (χ0v) is 30.7. The Morgan fingerprint density at radius 3 is 1.30 bits per heavy atom. The number of nitrogens with zero attached hydrogens (tertiary/aromatic N) is 3. The lowest BCUT2D eigenvalue weighted by Crippen LogP contribution is -2.18. The molecule has 0 atom stereocenters. The normalized spacial score (nSPS) is 12.9. The van der Waals surface area contributed by atoms with E-state index in [1.807, 2.05) is 12.2 Å². The maximum atomic E-state index is 3.61. The summed E-state index contributed by atoms with van der Waals surface area (Å²) in [7, 11) is 0. The molecule has 0 unspecified atom stereocenters. The summed E-state index contributed by atoms with van der Waals surface area (Å²) in [6.45, 7) is 0. The highest BCUT2D eigenvalue weighted by molar-refractivity contribution is 5.97. The maximum absolute atomic E-state index is 3.61. The van der Waals surface area contributed by atoms with E-state index in [1.54, 1.807) is 0 Å². The third-order valence-electron chi connectivity index (χ3n) is 10.5. The number of rotatable bonds is 7. The van der Waals surface area contributed by atoms with Gasteiger partial charge in [0.2, 0.25) is 0 Å². The highest BCUT2D eigenvalue weighted by atomic mass is 15.2. The molecule has 8 aromatic rings. The molecule has 0 fully saturated rings. The summed E-state index contributed by atoms with van der Waals surface area (Å²) in [5.41, 5.74) is 15.4. The third kappa shape index (κ3) is 6.19. The van der Waals surface area contributed by atoms with Crippen molar-refractivity contribution in [1.82, 2.24) is 0 Å². The van der Waals surface area contributed by atoms with E-state index in [0.29, 0.717) is 0 Å². The lowest BCUT2D eigenvalue weighted by molar-refractivity contribution is 1.19. The Labute approximate surface area is 327 Å². The molecule has 10 rings (SSSR count). The summed E-state index contributed by atoms with van der Waals surface area (Å²) in [5, 5.41) is 4.84. The van der Waals surface area contributed by atoms with Crippen LogP contribution in [0.25, 0.3) is 33.7 Å². The molecule has 3 nitrogen and oxygen atoms in total. The van der Waals surface area contributed by atoms with Crippen LogP contribution in [0, 0.1) is 0 Å². The maximum Gasteiger partial charge on any atom is 0.0890 e. The van der Waals surface area contributed by atoms with Gasteiger partial charge in [-0.3, -0.25) is 0 Å². The van der Waals surface area contributed by atoms with Crippen LogP contribution in [0.3, 0.4) is 0 Å². The van der Waals surface area contributed by atoms with Gasteiger partial charge in [0.15, 0.2) is 0 Å². The van der Waals surface area contributed by atoms with Crippen molar-refractivity contribution in [2.75, 3.05) is 14.7 Å². The summed E-state index contributed by atoms with van der Waals surface area (Å²) >= 11 is 0. The second-order valence-electron chi connectivity index (χ2n) is 14.0. The molecule has 0 saturated carbocycles. The molecule has 0 spiro atoms. The molecule has 0 aromatic heterocycles. The van der Waals surface area contributed by atoms with Crippen LogP contribution in [0.5, 0.6) is 0 Å². The van der Waals surface area contributed by atoms with Crippen molar-refractivity contribution < 1.29 is 0 Å². The Morgan fingerprint density at radius 2 is 0.786 bits per heavy atom. The molecule has 0 radical (unpaired) electrons. The highest BCUT2D eigenvalue weighted by Gasteiger charge is 2.25. The van der Waals surface area contributed by atoms with E-state index in [9.17, 15) is 0 Å². The van der Waals surface area contributed by atoms with Crippen molar-refractivity contribution >= 4 is 79.2 Å². The van der Waals surface area contributed by atoms with E-state index in [-0.39, 0.29) is 0 Å². The molecule has 1 aliphatic heterocycles. The van der Waals surface area contributed by atoms with Gasteiger partial charge >= 0.3 is 0 Å². The molecule has 264 valence electrons. The minimum atomic E-state index is 0.949. The molecular weight excluding hydrogens is 679 g/mol. The van der Waals surface area contributed by atoms with Gasteiger partial charge in [-0.1, -0.05) is 145 Å². The second-order valence-corrected chi connectivity index (χ2v) is 14.0.